The molecule has 0 radical (unpaired) electrons. The van der Waals surface area contributed by atoms with Crippen LogP contribution in [0.4, 0.5) is 17.1 Å². The summed E-state index contributed by atoms with van der Waals surface area (Å²) < 4.78 is 55.8. The number of anilines is 3. The number of phosphoric ester groups is 1. The fourth-order valence-corrected chi connectivity index (χ4v) is 7.16. The van der Waals surface area contributed by atoms with Crippen LogP contribution in [0, 0.1) is 0 Å². The molecule has 3 rings (SSSR count). The van der Waals surface area contributed by atoms with E-state index in [2.05, 4.69) is 38.2 Å². The highest BCUT2D eigenvalue weighted by Crippen LogP contribution is 2.55. The molecule has 2 N–H and O–H groups in total. The summed E-state index contributed by atoms with van der Waals surface area (Å²) in [4.78, 5) is 15.8. The van der Waals surface area contributed by atoms with Gasteiger partial charge >= 0.3 is 16.1 Å². The van der Waals surface area contributed by atoms with Gasteiger partial charge in [-0.1, -0.05) is 81.0 Å². The number of hydrogen-bond donors (Lipinski definition) is 2. The van der Waals surface area contributed by atoms with Crippen molar-refractivity contribution >= 4 is 39.0 Å². The molecule has 0 aliphatic carbocycles. The first-order valence-corrected chi connectivity index (χ1v) is 21.4. The number of amides is 1. The molecule has 1 atom stereocenters. The number of unbranched alkanes of at least 4 members (excludes halogenated alkanes) is 3. The molecule has 1 heterocycles. The number of nitrogens with one attached hydrogen (secondary N) is 1. The molecule has 13 heteroatoms. The van der Waals surface area contributed by atoms with Gasteiger partial charge in [0.1, 0.15) is 18.0 Å². The van der Waals surface area contributed by atoms with Gasteiger partial charge in [0, 0.05) is 23.2 Å². The number of phenolic OH excluding ortho intramolecular Hbond substituents is 1. The van der Waals surface area contributed by atoms with Gasteiger partial charge < -0.3 is 19.8 Å². The van der Waals surface area contributed by atoms with Gasteiger partial charge in [-0.25, -0.2) is 9.09 Å². The maximum absolute atomic E-state index is 14.3. The Morgan fingerprint density at radius 2 is 1.49 bits per heavy atom. The first-order chi connectivity index (χ1) is 25.4. The third-order valence-electron chi connectivity index (χ3n) is 8.44. The summed E-state index contributed by atoms with van der Waals surface area (Å²) in [6.45, 7) is 15.0. The average molecular weight is 774 g/mol. The Morgan fingerprint density at radius 1 is 0.868 bits per heavy atom. The van der Waals surface area contributed by atoms with E-state index in [1.54, 1.807) is 18.2 Å². The summed E-state index contributed by atoms with van der Waals surface area (Å²) in [7, 11) is -6.81. The van der Waals surface area contributed by atoms with E-state index >= 15 is 0 Å². The van der Waals surface area contributed by atoms with Crippen LogP contribution >= 0.6 is 16.1 Å². The van der Waals surface area contributed by atoms with E-state index in [1.807, 2.05) is 33.8 Å². The number of carbonyl (C=O) groups is 1. The van der Waals surface area contributed by atoms with E-state index in [1.165, 1.54) is 28.2 Å². The van der Waals surface area contributed by atoms with Crippen LogP contribution < -0.4 is 19.3 Å². The van der Waals surface area contributed by atoms with E-state index in [-0.39, 0.29) is 66.2 Å². The number of rotatable bonds is 24. The van der Waals surface area contributed by atoms with E-state index in [0.29, 0.717) is 19.3 Å². The topological polar surface area (TPSA) is 133 Å². The third kappa shape index (κ3) is 14.4. The predicted octanol–water partition coefficient (Wildman–Crippen LogP) is 12.5. The van der Waals surface area contributed by atoms with Gasteiger partial charge in [0.15, 0.2) is 11.5 Å². The lowest BCUT2D eigenvalue weighted by atomic mass is 10.1. The van der Waals surface area contributed by atoms with Gasteiger partial charge in [-0.3, -0.25) is 13.8 Å². The Hall–Kier alpha value is -3.46. The Bertz CT molecular complexity index is 1650. The summed E-state index contributed by atoms with van der Waals surface area (Å²) in [6, 6.07) is 7.64. The molecule has 0 saturated carbocycles. The summed E-state index contributed by atoms with van der Waals surface area (Å²) in [5.41, 5.74) is 4.59. The molecule has 11 nitrogen and oxygen atoms in total. The van der Waals surface area contributed by atoms with Crippen LogP contribution in [0.2, 0.25) is 0 Å². The molecule has 2 aromatic rings. The first kappa shape index (κ1) is 43.9. The third-order valence-corrected chi connectivity index (χ3v) is 10.6. The highest BCUT2D eigenvalue weighted by molar-refractivity contribution is 7.49. The minimum Gasteiger partial charge on any atom is -0.506 e. The van der Waals surface area contributed by atoms with E-state index in [0.717, 1.165) is 50.5 Å². The van der Waals surface area contributed by atoms with Crippen molar-refractivity contribution in [2.75, 3.05) is 36.6 Å². The molecule has 0 fully saturated rings. The van der Waals surface area contributed by atoms with Crippen molar-refractivity contribution in [2.24, 2.45) is 0 Å². The number of hydrogen-bond acceptors (Lipinski definition) is 10. The number of aromatic hydroxyl groups is 1. The molecule has 0 aromatic heterocycles. The Kier molecular flexibility index (Phi) is 18.8. The number of allylic oxidation sites excluding steroid dienone is 5. The average Bonchev–Trinajstić information content (AvgIpc) is 3.22. The molecule has 0 bridgehead atoms. The lowest BCUT2D eigenvalue weighted by Crippen LogP contribution is -2.30. The fraction of sp³-hybridized carbons (Fsp3) is 0.525. The number of benzene rings is 2. The number of fused-ring (bicyclic) bond motifs is 2. The van der Waals surface area contributed by atoms with Crippen LogP contribution in [-0.4, -0.2) is 37.4 Å². The quantitative estimate of drug-likeness (QED) is 0.0459. The Labute approximate surface area is 317 Å². The van der Waals surface area contributed by atoms with Crippen molar-refractivity contribution in [1.29, 1.82) is 0 Å². The van der Waals surface area contributed by atoms with Crippen LogP contribution in [0.1, 0.15) is 123 Å². The van der Waals surface area contributed by atoms with Gasteiger partial charge in [-0.2, -0.15) is 0 Å². The maximum Gasteiger partial charge on any atom is 0.750 e. The standard InChI is InChI=1S/C40H58N2O9P2/c1-8-11-25-47-52(45)50-33-28-35-39(37(29-33)51-53(46,48-26-12-9-2)49-27-13-10-3)41-38-34(21-16-22-36(38)43)40(44)42(35)24-23-32(7)20-15-19-31(6)18-14-17-30(4)5/h16-17,19,21-23,28-29H,8-15,18,20,24-27H2,1-7H3,(H-,41,43,44)/p+1/b31-19+,32-23+. The van der Waals surface area contributed by atoms with Gasteiger partial charge in [0.2, 0.25) is 0 Å². The number of carbonyl (C=O) groups excluding carboxylic acids is 1. The zero-order valence-corrected chi connectivity index (χ0v) is 34.4. The zero-order chi connectivity index (χ0) is 38.8. The lowest BCUT2D eigenvalue weighted by Gasteiger charge is -2.25. The van der Waals surface area contributed by atoms with E-state index in [4.69, 9.17) is 22.6 Å². The second-order valence-corrected chi connectivity index (χ2v) is 15.9. The Balaban J connectivity index is 2.10. The zero-order valence-electron chi connectivity index (χ0n) is 32.6. The molecule has 1 unspecified atom stereocenters. The number of phenols is 1. The van der Waals surface area contributed by atoms with Crippen molar-refractivity contribution < 1.29 is 41.6 Å². The normalized spacial score (nSPS) is 13.5. The van der Waals surface area contributed by atoms with Crippen molar-refractivity contribution in [3.8, 4) is 17.2 Å². The van der Waals surface area contributed by atoms with Crippen molar-refractivity contribution in [1.82, 2.24) is 0 Å². The van der Waals surface area contributed by atoms with Crippen molar-refractivity contribution in [3.63, 3.8) is 0 Å². The fourth-order valence-electron chi connectivity index (χ4n) is 5.28. The van der Waals surface area contributed by atoms with Crippen LogP contribution in [0.15, 0.2) is 65.3 Å². The molecule has 0 spiro atoms. The smallest absolute Gasteiger partial charge is 0.506 e. The summed E-state index contributed by atoms with van der Waals surface area (Å²) >= 11 is 0. The molecule has 53 heavy (non-hydrogen) atoms. The van der Waals surface area contributed by atoms with E-state index in [9.17, 15) is 19.0 Å². The van der Waals surface area contributed by atoms with Gasteiger partial charge in [0.25, 0.3) is 5.91 Å². The highest BCUT2D eigenvalue weighted by atomic mass is 31.2. The molecule has 1 amide bonds. The monoisotopic (exact) mass is 773 g/mol. The van der Waals surface area contributed by atoms with Gasteiger partial charge in [0.05, 0.1) is 30.2 Å². The predicted molar refractivity (Wildman–Crippen MR) is 214 cm³/mol. The van der Waals surface area contributed by atoms with Crippen molar-refractivity contribution in [2.45, 2.75) is 113 Å². The van der Waals surface area contributed by atoms with Crippen molar-refractivity contribution in [3.05, 3.63) is 70.8 Å². The molecule has 2 aromatic carbocycles. The first-order valence-electron chi connectivity index (χ1n) is 18.8. The molecular formula is C40H59N2O9P2+. The van der Waals surface area contributed by atoms with Crippen LogP contribution in [-0.2, 0) is 22.7 Å². The molecular weight excluding hydrogens is 714 g/mol. The largest absolute Gasteiger partial charge is 0.750 e. The van der Waals surface area contributed by atoms with Gasteiger partial charge in [-0.05, 0) is 84.8 Å². The SMILES string of the molecule is CCCCO[P+](=O)Oc1cc(OP(=O)(OCCCC)OCCCC)c2c(c1)N(C/C=C(\C)CC/C=C(\C)CCC=C(C)C)C(=O)c1cccc(O)c1N2. The minimum absolute atomic E-state index is 0.0471. The number of phosphoric acid groups is 1. The summed E-state index contributed by atoms with van der Waals surface area (Å²) in [6.07, 6.45) is 14.6. The van der Waals surface area contributed by atoms with Crippen LogP contribution in [0.5, 0.6) is 17.2 Å². The second kappa shape index (κ2) is 22.7. The minimum atomic E-state index is -4.22. The van der Waals surface area contributed by atoms with Gasteiger partial charge in [-0.15, -0.1) is 4.52 Å². The maximum atomic E-state index is 14.3. The van der Waals surface area contributed by atoms with Crippen LogP contribution in [0.25, 0.3) is 0 Å². The Morgan fingerprint density at radius 3 is 2.13 bits per heavy atom. The molecule has 1 aliphatic heterocycles. The molecule has 292 valence electrons. The summed E-state index contributed by atoms with van der Waals surface area (Å²) in [5.74, 6) is -0.569. The lowest BCUT2D eigenvalue weighted by molar-refractivity contribution is 0.0990. The number of nitrogens with zero attached hydrogens (tertiary/aromatic N) is 1. The molecule has 0 saturated heterocycles. The summed E-state index contributed by atoms with van der Waals surface area (Å²) in [5, 5.41) is 14.1. The van der Waals surface area contributed by atoms with E-state index < -0.39 is 22.0 Å². The molecule has 1 aliphatic rings. The number of para-hydroxylation sites is 1. The highest BCUT2D eigenvalue weighted by Gasteiger charge is 2.36. The second-order valence-electron chi connectivity index (χ2n) is 13.4. The van der Waals surface area contributed by atoms with Crippen LogP contribution in [0.3, 0.4) is 0 Å².